The normalized spacial score (nSPS) is 10.9. The zero-order valence-electron chi connectivity index (χ0n) is 12.0. The van der Waals surface area contributed by atoms with E-state index in [2.05, 4.69) is 47.4 Å². The number of aromatic amines is 1. The Morgan fingerprint density at radius 2 is 1.71 bits per heavy atom. The SMILES string of the molecule is Fc1ccc(Cc2cn[nH]c2Nc2c(F)cc(F)cc2Br)c(Br)c1. The summed E-state index contributed by atoms with van der Waals surface area (Å²) in [5, 5.41) is 9.56. The fourth-order valence-electron chi connectivity index (χ4n) is 2.21. The zero-order chi connectivity index (χ0) is 17.3. The molecule has 24 heavy (non-hydrogen) atoms. The Balaban J connectivity index is 1.89. The first-order valence-electron chi connectivity index (χ1n) is 6.82. The Morgan fingerprint density at radius 1 is 0.958 bits per heavy atom. The number of nitrogens with one attached hydrogen (secondary N) is 2. The van der Waals surface area contributed by atoms with Crippen molar-refractivity contribution >= 4 is 43.4 Å². The molecule has 0 saturated heterocycles. The lowest BCUT2D eigenvalue weighted by atomic mass is 10.1. The molecule has 0 aliphatic carbocycles. The van der Waals surface area contributed by atoms with Crippen LogP contribution in [0.15, 0.2) is 45.5 Å². The molecule has 3 nitrogen and oxygen atoms in total. The van der Waals surface area contributed by atoms with E-state index in [9.17, 15) is 13.2 Å². The molecule has 0 aliphatic heterocycles. The van der Waals surface area contributed by atoms with Gasteiger partial charge in [0.05, 0.1) is 11.9 Å². The van der Waals surface area contributed by atoms with Gasteiger partial charge in [-0.1, -0.05) is 22.0 Å². The summed E-state index contributed by atoms with van der Waals surface area (Å²) in [4.78, 5) is 0. The molecular formula is C16H10Br2F3N3. The van der Waals surface area contributed by atoms with Crippen molar-refractivity contribution in [1.82, 2.24) is 10.2 Å². The van der Waals surface area contributed by atoms with Crippen molar-refractivity contribution in [1.29, 1.82) is 0 Å². The maximum absolute atomic E-state index is 14.0. The Labute approximate surface area is 152 Å². The lowest BCUT2D eigenvalue weighted by Gasteiger charge is -2.11. The molecule has 2 N–H and O–H groups in total. The Morgan fingerprint density at radius 3 is 2.42 bits per heavy atom. The maximum Gasteiger partial charge on any atom is 0.150 e. The van der Waals surface area contributed by atoms with Crippen molar-refractivity contribution < 1.29 is 13.2 Å². The number of H-pyrrole nitrogens is 1. The summed E-state index contributed by atoms with van der Waals surface area (Å²) in [7, 11) is 0. The van der Waals surface area contributed by atoms with Gasteiger partial charge in [-0.05, 0) is 39.7 Å². The average Bonchev–Trinajstić information content (AvgIpc) is 2.93. The summed E-state index contributed by atoms with van der Waals surface area (Å²) in [5.41, 5.74) is 1.69. The van der Waals surface area contributed by atoms with E-state index in [1.807, 2.05) is 0 Å². The third kappa shape index (κ3) is 3.64. The zero-order valence-corrected chi connectivity index (χ0v) is 15.2. The fourth-order valence-corrected chi connectivity index (χ4v) is 3.21. The summed E-state index contributed by atoms with van der Waals surface area (Å²) < 4.78 is 41.2. The lowest BCUT2D eigenvalue weighted by molar-refractivity contribution is 0.584. The molecule has 0 bridgehead atoms. The van der Waals surface area contributed by atoms with Crippen LogP contribution < -0.4 is 5.32 Å². The molecular weight excluding hydrogens is 451 g/mol. The van der Waals surface area contributed by atoms with E-state index in [4.69, 9.17) is 0 Å². The van der Waals surface area contributed by atoms with Gasteiger partial charge in [-0.3, -0.25) is 5.10 Å². The van der Waals surface area contributed by atoms with Crippen molar-refractivity contribution in [3.05, 3.63) is 74.1 Å². The topological polar surface area (TPSA) is 40.7 Å². The van der Waals surface area contributed by atoms with Crippen LogP contribution in [0.25, 0.3) is 0 Å². The molecule has 1 aromatic heterocycles. The first-order valence-corrected chi connectivity index (χ1v) is 8.40. The molecule has 0 amide bonds. The van der Waals surface area contributed by atoms with Crippen molar-refractivity contribution in [3.63, 3.8) is 0 Å². The quantitative estimate of drug-likeness (QED) is 0.525. The van der Waals surface area contributed by atoms with E-state index in [0.29, 0.717) is 16.7 Å². The minimum Gasteiger partial charge on any atom is -0.337 e. The highest BCUT2D eigenvalue weighted by Crippen LogP contribution is 2.31. The molecule has 1 heterocycles. The van der Waals surface area contributed by atoms with Crippen LogP contribution in [0.4, 0.5) is 24.7 Å². The minimum atomic E-state index is -0.731. The van der Waals surface area contributed by atoms with Crippen LogP contribution in [0.2, 0.25) is 0 Å². The van der Waals surface area contributed by atoms with Crippen LogP contribution in [0, 0.1) is 17.5 Å². The van der Waals surface area contributed by atoms with Gasteiger partial charge in [-0.2, -0.15) is 5.10 Å². The van der Waals surface area contributed by atoms with E-state index >= 15 is 0 Å². The number of benzene rings is 2. The van der Waals surface area contributed by atoms with Crippen molar-refractivity contribution in [2.24, 2.45) is 0 Å². The second kappa shape index (κ2) is 6.98. The maximum atomic E-state index is 14.0. The average molecular weight is 461 g/mol. The number of anilines is 2. The molecule has 0 radical (unpaired) electrons. The third-order valence-electron chi connectivity index (χ3n) is 3.37. The molecule has 3 aromatic rings. The molecule has 124 valence electrons. The molecule has 0 unspecified atom stereocenters. The molecule has 0 atom stereocenters. The molecule has 3 rings (SSSR count). The van der Waals surface area contributed by atoms with Gasteiger partial charge in [-0.25, -0.2) is 13.2 Å². The number of halogens is 5. The van der Waals surface area contributed by atoms with Gasteiger partial charge in [0.2, 0.25) is 0 Å². The molecule has 0 saturated carbocycles. The minimum absolute atomic E-state index is 0.0973. The van der Waals surface area contributed by atoms with Gasteiger partial charge < -0.3 is 5.32 Å². The van der Waals surface area contributed by atoms with Crippen LogP contribution in [0.3, 0.4) is 0 Å². The van der Waals surface area contributed by atoms with E-state index in [1.165, 1.54) is 12.1 Å². The van der Waals surface area contributed by atoms with Crippen LogP contribution >= 0.6 is 31.9 Å². The smallest absolute Gasteiger partial charge is 0.150 e. The number of nitrogens with zero attached hydrogens (tertiary/aromatic N) is 1. The van der Waals surface area contributed by atoms with Crippen molar-refractivity contribution in [2.75, 3.05) is 5.32 Å². The summed E-state index contributed by atoms with van der Waals surface area (Å²) in [6.07, 6.45) is 2.04. The highest BCUT2D eigenvalue weighted by molar-refractivity contribution is 9.10. The second-order valence-electron chi connectivity index (χ2n) is 5.05. The van der Waals surface area contributed by atoms with E-state index in [-0.39, 0.29) is 16.0 Å². The number of hydrogen-bond donors (Lipinski definition) is 2. The van der Waals surface area contributed by atoms with Crippen LogP contribution in [-0.4, -0.2) is 10.2 Å². The number of rotatable bonds is 4. The monoisotopic (exact) mass is 459 g/mol. The van der Waals surface area contributed by atoms with Gasteiger partial charge in [0.15, 0.2) is 5.82 Å². The van der Waals surface area contributed by atoms with Crippen LogP contribution in [0.1, 0.15) is 11.1 Å². The second-order valence-corrected chi connectivity index (χ2v) is 6.76. The first kappa shape index (κ1) is 17.0. The van der Waals surface area contributed by atoms with Crippen molar-refractivity contribution in [3.8, 4) is 0 Å². The predicted octanol–water partition coefficient (Wildman–Crippen LogP) is 5.69. The molecule has 0 spiro atoms. The largest absolute Gasteiger partial charge is 0.337 e. The van der Waals surface area contributed by atoms with Gasteiger partial charge >= 0.3 is 0 Å². The van der Waals surface area contributed by atoms with Crippen LogP contribution in [-0.2, 0) is 6.42 Å². The van der Waals surface area contributed by atoms with Crippen molar-refractivity contribution in [2.45, 2.75) is 6.42 Å². The van der Waals surface area contributed by atoms with E-state index < -0.39 is 11.6 Å². The molecule has 0 fully saturated rings. The fraction of sp³-hybridized carbons (Fsp3) is 0.0625. The highest BCUT2D eigenvalue weighted by atomic mass is 79.9. The molecule has 2 aromatic carbocycles. The Hall–Kier alpha value is -1.80. The first-order chi connectivity index (χ1) is 11.4. The third-order valence-corrected chi connectivity index (χ3v) is 4.73. The number of aromatic nitrogens is 2. The lowest BCUT2D eigenvalue weighted by Crippen LogP contribution is -2.00. The number of hydrogen-bond acceptors (Lipinski definition) is 2. The molecule has 0 aliphatic rings. The van der Waals surface area contributed by atoms with Crippen LogP contribution in [0.5, 0.6) is 0 Å². The van der Waals surface area contributed by atoms with Gasteiger partial charge in [-0.15, -0.1) is 0 Å². The van der Waals surface area contributed by atoms with E-state index in [0.717, 1.165) is 23.3 Å². The molecule has 8 heteroatoms. The summed E-state index contributed by atoms with van der Waals surface area (Å²) in [6, 6.07) is 6.35. The Bertz CT molecular complexity index is 873. The summed E-state index contributed by atoms with van der Waals surface area (Å²) >= 11 is 6.44. The summed E-state index contributed by atoms with van der Waals surface area (Å²) in [6.45, 7) is 0. The van der Waals surface area contributed by atoms with Gasteiger partial charge in [0.1, 0.15) is 17.5 Å². The standard InChI is InChI=1S/C16H10Br2F3N3/c17-12-4-10(19)2-1-8(12)3-9-7-22-24-16(9)23-15-13(18)5-11(20)6-14(15)21/h1-2,4-7H,3H2,(H2,22,23,24). The predicted molar refractivity (Wildman–Crippen MR) is 92.8 cm³/mol. The van der Waals surface area contributed by atoms with E-state index in [1.54, 1.807) is 12.3 Å². The van der Waals surface area contributed by atoms with Gasteiger partial charge in [0, 0.05) is 27.0 Å². The van der Waals surface area contributed by atoms with Gasteiger partial charge in [0.25, 0.3) is 0 Å². The highest BCUT2D eigenvalue weighted by Gasteiger charge is 2.14. The Kier molecular flexibility index (Phi) is 4.96. The summed E-state index contributed by atoms with van der Waals surface area (Å²) in [5.74, 6) is -1.28.